The smallest absolute Gasteiger partial charge is 0.416 e. The number of nitrogens with one attached hydrogen (secondary N) is 1. The highest BCUT2D eigenvalue weighted by molar-refractivity contribution is 5.96. The van der Waals surface area contributed by atoms with Crippen LogP contribution in [0.15, 0.2) is 54.7 Å². The molecular formula is C19H14F4N4O3. The molecule has 0 fully saturated rings. The van der Waals surface area contributed by atoms with Crippen LogP contribution in [-0.4, -0.2) is 34.0 Å². The highest BCUT2D eigenvalue weighted by Gasteiger charge is 2.33. The maximum absolute atomic E-state index is 13.5. The van der Waals surface area contributed by atoms with Crippen LogP contribution in [0.2, 0.25) is 0 Å². The Morgan fingerprint density at radius 3 is 2.53 bits per heavy atom. The van der Waals surface area contributed by atoms with Crippen LogP contribution >= 0.6 is 0 Å². The topological polar surface area (TPSA) is 86.1 Å². The number of carbonyl (C=O) groups excluding carboxylic acids is 2. The molecule has 3 aromatic rings. The van der Waals surface area contributed by atoms with Gasteiger partial charge in [-0.15, -0.1) is 5.10 Å². The van der Waals surface area contributed by atoms with Crippen LogP contribution < -0.4 is 5.32 Å². The minimum Gasteiger partial charge on any atom is -0.467 e. The molecule has 0 bridgehead atoms. The number of esters is 1. The molecule has 11 heteroatoms. The van der Waals surface area contributed by atoms with Gasteiger partial charge in [0.1, 0.15) is 5.82 Å². The van der Waals surface area contributed by atoms with Gasteiger partial charge in [0.2, 0.25) is 0 Å². The summed E-state index contributed by atoms with van der Waals surface area (Å²) in [6.07, 6.45) is -3.57. The van der Waals surface area contributed by atoms with E-state index in [0.29, 0.717) is 0 Å². The van der Waals surface area contributed by atoms with Gasteiger partial charge >= 0.3 is 12.1 Å². The number of benzene rings is 2. The third-order valence-corrected chi connectivity index (χ3v) is 4.09. The number of hydrogen-bond donors (Lipinski definition) is 1. The number of carbonyl (C=O) groups is 2. The lowest BCUT2D eigenvalue weighted by atomic mass is 10.0. The van der Waals surface area contributed by atoms with Crippen molar-refractivity contribution < 1.29 is 31.9 Å². The zero-order valence-electron chi connectivity index (χ0n) is 15.4. The normalized spacial score (nSPS) is 12.3. The van der Waals surface area contributed by atoms with Gasteiger partial charge < -0.3 is 10.1 Å². The van der Waals surface area contributed by atoms with Gasteiger partial charge in [-0.1, -0.05) is 23.4 Å². The van der Waals surface area contributed by atoms with Crippen LogP contribution in [0.1, 0.15) is 27.7 Å². The Morgan fingerprint density at radius 1 is 1.13 bits per heavy atom. The Bertz CT molecular complexity index is 1080. The standard InChI is InChI=1S/C19H14F4N4O3/c1-30-18(29)16(11-4-2-5-12(8-11)19(21,22)23)25-17(28)15-10-24-26-27(15)14-7-3-6-13(20)9-14/h2-10,16H,1H3,(H,25,28). The van der Waals surface area contributed by atoms with E-state index < -0.39 is 35.5 Å². The Hall–Kier alpha value is -3.76. The molecule has 0 aliphatic rings. The van der Waals surface area contributed by atoms with Crippen molar-refractivity contribution in [3.05, 3.63) is 77.4 Å². The van der Waals surface area contributed by atoms with E-state index in [-0.39, 0.29) is 16.9 Å². The van der Waals surface area contributed by atoms with E-state index >= 15 is 0 Å². The van der Waals surface area contributed by atoms with E-state index in [4.69, 9.17) is 0 Å². The Morgan fingerprint density at radius 2 is 1.87 bits per heavy atom. The van der Waals surface area contributed by atoms with Crippen LogP contribution in [0.5, 0.6) is 0 Å². The van der Waals surface area contributed by atoms with E-state index in [0.717, 1.165) is 42.3 Å². The third-order valence-electron chi connectivity index (χ3n) is 4.09. The average Bonchev–Trinajstić information content (AvgIpc) is 3.21. The second-order valence-corrected chi connectivity index (χ2v) is 6.06. The van der Waals surface area contributed by atoms with Crippen LogP contribution in [0, 0.1) is 5.82 Å². The summed E-state index contributed by atoms with van der Waals surface area (Å²) in [5.41, 5.74) is -1.10. The summed E-state index contributed by atoms with van der Waals surface area (Å²) in [5, 5.41) is 9.63. The molecule has 30 heavy (non-hydrogen) atoms. The fourth-order valence-corrected chi connectivity index (χ4v) is 2.68. The third kappa shape index (κ3) is 4.45. The van der Waals surface area contributed by atoms with Gasteiger partial charge in [0.25, 0.3) is 5.91 Å². The van der Waals surface area contributed by atoms with Crippen LogP contribution in [0.25, 0.3) is 5.69 Å². The molecule has 7 nitrogen and oxygen atoms in total. The highest BCUT2D eigenvalue weighted by Crippen LogP contribution is 2.31. The van der Waals surface area contributed by atoms with Crippen molar-refractivity contribution in [1.82, 2.24) is 20.3 Å². The fraction of sp³-hybridized carbons (Fsp3) is 0.158. The molecule has 2 aromatic carbocycles. The number of hydrogen-bond acceptors (Lipinski definition) is 5. The zero-order valence-corrected chi connectivity index (χ0v) is 15.4. The molecule has 1 unspecified atom stereocenters. The highest BCUT2D eigenvalue weighted by atomic mass is 19.4. The number of nitrogens with zero attached hydrogens (tertiary/aromatic N) is 3. The summed E-state index contributed by atoms with van der Waals surface area (Å²) < 4.78 is 58.2. The van der Waals surface area contributed by atoms with Crippen molar-refractivity contribution in [1.29, 1.82) is 0 Å². The molecule has 0 spiro atoms. The van der Waals surface area contributed by atoms with Gasteiger partial charge in [-0.25, -0.2) is 13.9 Å². The zero-order chi connectivity index (χ0) is 21.9. The molecule has 0 aliphatic carbocycles. The van der Waals surface area contributed by atoms with Gasteiger partial charge in [0.15, 0.2) is 11.7 Å². The maximum atomic E-state index is 13.5. The van der Waals surface area contributed by atoms with Crippen LogP contribution in [-0.2, 0) is 15.7 Å². The van der Waals surface area contributed by atoms with Crippen LogP contribution in [0.3, 0.4) is 0 Å². The second kappa shape index (κ2) is 8.31. The number of aromatic nitrogens is 3. The van der Waals surface area contributed by atoms with Gasteiger partial charge in [0, 0.05) is 0 Å². The molecule has 1 heterocycles. The van der Waals surface area contributed by atoms with Crippen molar-refractivity contribution in [3.8, 4) is 5.69 Å². The first kappa shape index (κ1) is 21.0. The number of methoxy groups -OCH3 is 1. The average molecular weight is 422 g/mol. The lowest BCUT2D eigenvalue weighted by Crippen LogP contribution is -2.35. The van der Waals surface area contributed by atoms with Gasteiger partial charge in [0.05, 0.1) is 24.6 Å². The predicted octanol–water partition coefficient (Wildman–Crippen LogP) is 3.07. The quantitative estimate of drug-likeness (QED) is 0.505. The summed E-state index contributed by atoms with van der Waals surface area (Å²) in [4.78, 5) is 24.9. The molecule has 0 radical (unpaired) electrons. The van der Waals surface area contributed by atoms with Gasteiger partial charge in [-0.2, -0.15) is 13.2 Å². The largest absolute Gasteiger partial charge is 0.467 e. The minimum absolute atomic E-state index is 0.130. The minimum atomic E-state index is -4.64. The predicted molar refractivity (Wildman–Crippen MR) is 95.0 cm³/mol. The first-order valence-electron chi connectivity index (χ1n) is 8.43. The molecule has 1 atom stereocenters. The fourth-order valence-electron chi connectivity index (χ4n) is 2.68. The Balaban J connectivity index is 1.94. The first-order chi connectivity index (χ1) is 14.2. The molecule has 0 saturated heterocycles. The molecular weight excluding hydrogens is 408 g/mol. The van der Waals surface area contributed by atoms with Crippen molar-refractivity contribution in [2.75, 3.05) is 7.11 Å². The number of alkyl halides is 3. The number of rotatable bonds is 5. The molecule has 156 valence electrons. The lowest BCUT2D eigenvalue weighted by molar-refractivity contribution is -0.143. The summed E-state index contributed by atoms with van der Waals surface area (Å²) >= 11 is 0. The Labute approximate surface area is 167 Å². The number of halogens is 4. The number of amides is 1. The van der Waals surface area contributed by atoms with Crippen molar-refractivity contribution in [2.45, 2.75) is 12.2 Å². The van der Waals surface area contributed by atoms with Crippen molar-refractivity contribution >= 4 is 11.9 Å². The molecule has 0 saturated carbocycles. The maximum Gasteiger partial charge on any atom is 0.416 e. The SMILES string of the molecule is COC(=O)C(NC(=O)c1cnnn1-c1cccc(F)c1)c1cccc(C(F)(F)F)c1. The molecule has 1 amide bonds. The summed E-state index contributed by atoms with van der Waals surface area (Å²) in [5.74, 6) is -2.43. The van der Waals surface area contributed by atoms with Gasteiger partial charge in [-0.3, -0.25) is 4.79 Å². The molecule has 1 aromatic heterocycles. The summed E-state index contributed by atoms with van der Waals surface area (Å²) in [6, 6.07) is 7.58. The van der Waals surface area contributed by atoms with E-state index in [2.05, 4.69) is 20.4 Å². The monoisotopic (exact) mass is 422 g/mol. The van der Waals surface area contributed by atoms with E-state index in [1.54, 1.807) is 0 Å². The number of ether oxygens (including phenoxy) is 1. The molecule has 0 aliphatic heterocycles. The lowest BCUT2D eigenvalue weighted by Gasteiger charge is -2.18. The first-order valence-corrected chi connectivity index (χ1v) is 8.43. The molecule has 1 N–H and O–H groups in total. The summed E-state index contributed by atoms with van der Waals surface area (Å²) in [7, 11) is 1.04. The van der Waals surface area contributed by atoms with Crippen molar-refractivity contribution in [3.63, 3.8) is 0 Å². The van der Waals surface area contributed by atoms with Gasteiger partial charge in [-0.05, 0) is 35.9 Å². The van der Waals surface area contributed by atoms with E-state index in [1.807, 2.05) is 0 Å². The van der Waals surface area contributed by atoms with E-state index in [9.17, 15) is 27.2 Å². The van der Waals surface area contributed by atoms with Crippen LogP contribution in [0.4, 0.5) is 17.6 Å². The van der Waals surface area contributed by atoms with E-state index in [1.165, 1.54) is 24.3 Å². The second-order valence-electron chi connectivity index (χ2n) is 6.06. The van der Waals surface area contributed by atoms with Crippen molar-refractivity contribution in [2.24, 2.45) is 0 Å². The molecule has 3 rings (SSSR count). The summed E-state index contributed by atoms with van der Waals surface area (Å²) in [6.45, 7) is 0. The Kier molecular flexibility index (Phi) is 5.81.